The summed E-state index contributed by atoms with van der Waals surface area (Å²) in [5.41, 5.74) is 0. The number of rotatable bonds is 5. The predicted molar refractivity (Wildman–Crippen MR) is 63.1 cm³/mol. The minimum atomic E-state index is -1.10. The Hall–Kier alpha value is -1.43. The van der Waals surface area contributed by atoms with Gasteiger partial charge in [-0.15, -0.1) is 11.8 Å². The number of carbonyl (C=O) groups is 2. The predicted octanol–water partition coefficient (Wildman–Crippen LogP) is 1.66. The van der Waals surface area contributed by atoms with E-state index < -0.39 is 5.97 Å². The van der Waals surface area contributed by atoms with Gasteiger partial charge < -0.3 is 14.6 Å². The van der Waals surface area contributed by atoms with Crippen LogP contribution in [0.5, 0.6) is 0 Å². The number of aliphatic carboxylic acids is 1. The molecule has 0 fully saturated rings. The highest BCUT2D eigenvalue weighted by molar-refractivity contribution is 8.03. The number of carbonyl (C=O) groups excluding carboxylic acids is 1. The molecule has 6 heteroatoms. The average molecular weight is 248 g/mol. The van der Waals surface area contributed by atoms with Crippen LogP contribution in [0, 0.1) is 0 Å². The first-order valence-electron chi connectivity index (χ1n) is 4.26. The fraction of sp³-hybridized carbons (Fsp3) is 0.400. The molecule has 0 aromatic heterocycles. The zero-order valence-electron chi connectivity index (χ0n) is 9.61. The van der Waals surface area contributed by atoms with Crippen LogP contribution in [0.25, 0.3) is 0 Å². The van der Waals surface area contributed by atoms with Crippen molar-refractivity contribution >= 4 is 23.7 Å². The van der Waals surface area contributed by atoms with Crippen LogP contribution in [0.3, 0.4) is 0 Å². The molecule has 0 aromatic rings. The third-order valence-corrected chi connectivity index (χ3v) is 1.88. The van der Waals surface area contributed by atoms with Crippen molar-refractivity contribution in [1.29, 1.82) is 0 Å². The van der Waals surface area contributed by atoms with Gasteiger partial charge in [0.05, 0.1) is 18.6 Å². The van der Waals surface area contributed by atoms with Gasteiger partial charge in [-0.25, -0.2) is 9.59 Å². The highest BCUT2D eigenvalue weighted by atomic mass is 32.2. The Kier molecular flexibility index (Phi) is 10.7. The second-order valence-electron chi connectivity index (χ2n) is 2.28. The Bertz CT molecular complexity index is 256. The molecule has 0 saturated heterocycles. The molecule has 0 radical (unpaired) electrons. The zero-order valence-corrected chi connectivity index (χ0v) is 10.4. The standard InChI is InChI=1S/C5H8O3.C5H8O2S/c1-3-8-4(2)5(6)7;1-4(8-3)5(6)7-2/h2-3H2,1H3,(H,6,7);1H2,2-3H3. The summed E-state index contributed by atoms with van der Waals surface area (Å²) in [6.07, 6.45) is 1.78. The third kappa shape index (κ3) is 9.14. The highest BCUT2D eigenvalue weighted by Crippen LogP contribution is 2.08. The van der Waals surface area contributed by atoms with E-state index in [-0.39, 0.29) is 11.7 Å². The SMILES string of the molecule is C=C(OCC)C(=O)O.C=C(SC)C(=O)OC. The molecule has 0 atom stereocenters. The van der Waals surface area contributed by atoms with Crippen LogP contribution in [0.4, 0.5) is 0 Å². The number of hydrogen-bond donors (Lipinski definition) is 1. The molecule has 1 N–H and O–H groups in total. The molecule has 0 rings (SSSR count). The maximum absolute atomic E-state index is 10.4. The minimum absolute atomic E-state index is 0.201. The van der Waals surface area contributed by atoms with Crippen LogP contribution in [-0.2, 0) is 19.1 Å². The molecule has 0 saturated carbocycles. The minimum Gasteiger partial charge on any atom is -0.487 e. The molecule has 0 aliphatic heterocycles. The van der Waals surface area contributed by atoms with E-state index in [0.29, 0.717) is 11.5 Å². The molecule has 0 aliphatic rings. The van der Waals surface area contributed by atoms with Crippen molar-refractivity contribution in [3.8, 4) is 0 Å². The fourth-order valence-corrected chi connectivity index (χ4v) is 0.683. The summed E-state index contributed by atoms with van der Waals surface area (Å²) in [5.74, 6) is -1.66. The Morgan fingerprint density at radius 1 is 1.38 bits per heavy atom. The van der Waals surface area contributed by atoms with Gasteiger partial charge in [0.25, 0.3) is 0 Å². The zero-order chi connectivity index (χ0) is 13.1. The average Bonchev–Trinajstić information content (AvgIpc) is 2.28. The first-order chi connectivity index (χ1) is 7.40. The Morgan fingerprint density at radius 2 is 1.88 bits per heavy atom. The quantitative estimate of drug-likeness (QED) is 0.453. The van der Waals surface area contributed by atoms with Crippen molar-refractivity contribution in [3.63, 3.8) is 0 Å². The molecule has 0 amide bonds. The maximum Gasteiger partial charge on any atom is 0.370 e. The largest absolute Gasteiger partial charge is 0.487 e. The van der Waals surface area contributed by atoms with E-state index in [9.17, 15) is 9.59 Å². The normalized spacial score (nSPS) is 8.19. The second kappa shape index (κ2) is 10.1. The van der Waals surface area contributed by atoms with E-state index in [1.807, 2.05) is 0 Å². The van der Waals surface area contributed by atoms with Gasteiger partial charge >= 0.3 is 11.9 Å². The summed E-state index contributed by atoms with van der Waals surface area (Å²) in [6.45, 7) is 8.61. The Balaban J connectivity index is 0. The lowest BCUT2D eigenvalue weighted by atomic mass is 10.6. The van der Waals surface area contributed by atoms with Crippen molar-refractivity contribution in [3.05, 3.63) is 23.8 Å². The summed E-state index contributed by atoms with van der Waals surface area (Å²) < 4.78 is 8.85. The third-order valence-electron chi connectivity index (χ3n) is 1.22. The molecule has 0 heterocycles. The molecular weight excluding hydrogens is 232 g/mol. The summed E-state index contributed by atoms with van der Waals surface area (Å²) in [6, 6.07) is 0. The van der Waals surface area contributed by atoms with Gasteiger partial charge in [-0.2, -0.15) is 0 Å². The van der Waals surface area contributed by atoms with Crippen LogP contribution >= 0.6 is 11.8 Å². The van der Waals surface area contributed by atoms with Crippen LogP contribution in [0.15, 0.2) is 23.8 Å². The van der Waals surface area contributed by atoms with Gasteiger partial charge in [0.15, 0.2) is 5.76 Å². The molecule has 0 unspecified atom stereocenters. The number of ether oxygens (including phenoxy) is 2. The highest BCUT2D eigenvalue weighted by Gasteiger charge is 2.01. The van der Waals surface area contributed by atoms with E-state index in [2.05, 4.69) is 22.6 Å². The maximum atomic E-state index is 10.4. The van der Waals surface area contributed by atoms with Crippen LogP contribution in [0.2, 0.25) is 0 Å². The van der Waals surface area contributed by atoms with E-state index >= 15 is 0 Å². The van der Waals surface area contributed by atoms with Crippen molar-refractivity contribution in [2.75, 3.05) is 20.0 Å². The molecule has 0 aliphatic carbocycles. The number of methoxy groups -OCH3 is 1. The van der Waals surface area contributed by atoms with E-state index in [4.69, 9.17) is 5.11 Å². The van der Waals surface area contributed by atoms with Gasteiger partial charge in [-0.3, -0.25) is 0 Å². The number of carboxylic acids is 1. The van der Waals surface area contributed by atoms with E-state index in [0.717, 1.165) is 0 Å². The molecule has 0 bridgehead atoms. The van der Waals surface area contributed by atoms with Gasteiger partial charge in [0.2, 0.25) is 0 Å². The van der Waals surface area contributed by atoms with Crippen LogP contribution < -0.4 is 0 Å². The Morgan fingerprint density at radius 3 is 2.00 bits per heavy atom. The smallest absolute Gasteiger partial charge is 0.370 e. The molecule has 16 heavy (non-hydrogen) atoms. The number of carboxylic acid groups (broad SMARTS) is 1. The second-order valence-corrected chi connectivity index (χ2v) is 3.18. The molecular formula is C10H16O5S. The lowest BCUT2D eigenvalue weighted by Crippen LogP contribution is -2.02. The summed E-state index contributed by atoms with van der Waals surface area (Å²) in [4.78, 5) is 20.7. The number of esters is 1. The monoisotopic (exact) mass is 248 g/mol. The topological polar surface area (TPSA) is 72.8 Å². The van der Waals surface area contributed by atoms with E-state index in [1.165, 1.54) is 18.9 Å². The lowest BCUT2D eigenvalue weighted by Gasteiger charge is -1.97. The van der Waals surface area contributed by atoms with Crippen molar-refractivity contribution < 1.29 is 24.2 Å². The summed E-state index contributed by atoms with van der Waals surface area (Å²) in [7, 11) is 1.34. The van der Waals surface area contributed by atoms with Gasteiger partial charge in [0.1, 0.15) is 0 Å². The van der Waals surface area contributed by atoms with Crippen molar-refractivity contribution in [2.45, 2.75) is 6.92 Å². The van der Waals surface area contributed by atoms with Gasteiger partial charge in [-0.05, 0) is 19.8 Å². The van der Waals surface area contributed by atoms with E-state index in [1.54, 1.807) is 13.2 Å². The van der Waals surface area contributed by atoms with Crippen molar-refractivity contribution in [2.24, 2.45) is 0 Å². The first kappa shape index (κ1) is 17.0. The summed E-state index contributed by atoms with van der Waals surface area (Å²) in [5, 5.41) is 8.09. The molecule has 0 aromatic carbocycles. The number of hydrogen-bond acceptors (Lipinski definition) is 5. The van der Waals surface area contributed by atoms with Gasteiger partial charge in [-0.1, -0.05) is 6.58 Å². The summed E-state index contributed by atoms with van der Waals surface area (Å²) >= 11 is 1.29. The fourth-order valence-electron chi connectivity index (χ4n) is 0.433. The number of thioether (sulfide) groups is 1. The molecule has 0 spiro atoms. The van der Waals surface area contributed by atoms with Crippen LogP contribution in [0.1, 0.15) is 6.92 Å². The van der Waals surface area contributed by atoms with Gasteiger partial charge in [0, 0.05) is 0 Å². The molecule has 5 nitrogen and oxygen atoms in total. The van der Waals surface area contributed by atoms with Crippen molar-refractivity contribution in [1.82, 2.24) is 0 Å². The lowest BCUT2D eigenvalue weighted by molar-refractivity contribution is -0.136. The van der Waals surface area contributed by atoms with Crippen LogP contribution in [-0.4, -0.2) is 37.0 Å². The molecule has 92 valence electrons. The first-order valence-corrected chi connectivity index (χ1v) is 5.49. The Labute approximate surface area is 99.1 Å².